The highest BCUT2D eigenvalue weighted by atomic mass is 16.6. The van der Waals surface area contributed by atoms with Crippen LogP contribution < -0.4 is 0 Å². The zero-order valence-electron chi connectivity index (χ0n) is 14.4. The molecule has 0 amide bonds. The van der Waals surface area contributed by atoms with Crippen LogP contribution in [0.15, 0.2) is 0 Å². The summed E-state index contributed by atoms with van der Waals surface area (Å²) >= 11 is 0. The van der Waals surface area contributed by atoms with Crippen LogP contribution in [0.1, 0.15) is 86.5 Å². The lowest BCUT2D eigenvalue weighted by atomic mass is 9.71. The van der Waals surface area contributed by atoms with Gasteiger partial charge in [-0.3, -0.25) is 4.79 Å². The first kappa shape index (κ1) is 17.5. The smallest absolute Gasteiger partial charge is 0.312 e. The molecule has 1 rings (SSSR count). The van der Waals surface area contributed by atoms with Crippen molar-refractivity contribution in [2.45, 2.75) is 92.1 Å². The van der Waals surface area contributed by atoms with Crippen LogP contribution in [0.3, 0.4) is 0 Å². The van der Waals surface area contributed by atoms with Gasteiger partial charge in [-0.05, 0) is 57.3 Å². The third kappa shape index (κ3) is 3.77. The van der Waals surface area contributed by atoms with Crippen molar-refractivity contribution in [2.24, 2.45) is 17.3 Å². The topological polar surface area (TPSA) is 26.3 Å². The Bertz CT molecular complexity index is 315. The summed E-state index contributed by atoms with van der Waals surface area (Å²) in [5.74, 6) is 0.930. The minimum absolute atomic E-state index is 0.0456. The highest BCUT2D eigenvalue weighted by Crippen LogP contribution is 2.42. The van der Waals surface area contributed by atoms with Crippen LogP contribution in [-0.2, 0) is 9.53 Å². The largest absolute Gasteiger partial charge is 0.459 e. The van der Waals surface area contributed by atoms with E-state index in [1.165, 1.54) is 12.8 Å². The average Bonchev–Trinajstić information content (AvgIpc) is 2.85. The van der Waals surface area contributed by atoms with Crippen molar-refractivity contribution in [3.05, 3.63) is 0 Å². The van der Waals surface area contributed by atoms with Crippen LogP contribution in [0.2, 0.25) is 0 Å². The number of carbonyl (C=O) groups is 1. The molecule has 0 aromatic heterocycles. The number of esters is 1. The molecule has 20 heavy (non-hydrogen) atoms. The Morgan fingerprint density at radius 1 is 1.20 bits per heavy atom. The summed E-state index contributed by atoms with van der Waals surface area (Å²) in [6.45, 7) is 13.0. The fourth-order valence-corrected chi connectivity index (χ4v) is 3.64. The van der Waals surface area contributed by atoms with E-state index >= 15 is 0 Å². The summed E-state index contributed by atoms with van der Waals surface area (Å²) in [5.41, 5.74) is -0.504. The highest BCUT2D eigenvalue weighted by Gasteiger charge is 2.44. The molecule has 2 nitrogen and oxygen atoms in total. The lowest BCUT2D eigenvalue weighted by molar-refractivity contribution is -0.176. The van der Waals surface area contributed by atoms with Crippen molar-refractivity contribution >= 4 is 5.97 Å². The summed E-state index contributed by atoms with van der Waals surface area (Å²) < 4.78 is 6.10. The van der Waals surface area contributed by atoms with Crippen LogP contribution in [0, 0.1) is 17.3 Å². The van der Waals surface area contributed by atoms with Gasteiger partial charge in [-0.1, -0.05) is 41.0 Å². The third-order valence-corrected chi connectivity index (χ3v) is 5.47. The molecule has 0 heterocycles. The molecule has 1 saturated carbocycles. The van der Waals surface area contributed by atoms with Gasteiger partial charge in [0.1, 0.15) is 5.60 Å². The molecule has 0 aliphatic heterocycles. The second-order valence-corrected chi connectivity index (χ2v) is 7.46. The van der Waals surface area contributed by atoms with E-state index in [4.69, 9.17) is 4.74 Å². The maximum absolute atomic E-state index is 12.9. The first-order valence-electron chi connectivity index (χ1n) is 8.53. The van der Waals surface area contributed by atoms with Gasteiger partial charge in [0.2, 0.25) is 0 Å². The number of carbonyl (C=O) groups excluding carboxylic acids is 1. The number of hydrogen-bond acceptors (Lipinski definition) is 2. The fraction of sp³-hybridized carbons (Fsp3) is 0.944. The van der Waals surface area contributed by atoms with Gasteiger partial charge in [-0.15, -0.1) is 0 Å². The van der Waals surface area contributed by atoms with Crippen LogP contribution in [0.4, 0.5) is 0 Å². The Labute approximate surface area is 125 Å². The molecule has 0 aromatic rings. The molecule has 0 saturated heterocycles. The summed E-state index contributed by atoms with van der Waals surface area (Å²) in [5, 5.41) is 0. The van der Waals surface area contributed by atoms with Gasteiger partial charge >= 0.3 is 5.97 Å². The zero-order valence-corrected chi connectivity index (χ0v) is 14.4. The van der Waals surface area contributed by atoms with Gasteiger partial charge in [0.15, 0.2) is 0 Å². The molecule has 2 unspecified atom stereocenters. The summed E-state index contributed by atoms with van der Waals surface area (Å²) in [7, 11) is 0. The third-order valence-electron chi connectivity index (χ3n) is 5.47. The molecular weight excluding hydrogens is 248 g/mol. The van der Waals surface area contributed by atoms with Gasteiger partial charge in [0.05, 0.1) is 5.41 Å². The van der Waals surface area contributed by atoms with Gasteiger partial charge in [-0.25, -0.2) is 0 Å². The molecule has 0 N–H and O–H groups in total. The lowest BCUT2D eigenvalue weighted by Crippen LogP contribution is -2.42. The second kappa shape index (κ2) is 6.95. The van der Waals surface area contributed by atoms with Crippen LogP contribution in [-0.4, -0.2) is 11.6 Å². The van der Waals surface area contributed by atoms with E-state index in [0.29, 0.717) is 11.8 Å². The molecule has 118 valence electrons. The van der Waals surface area contributed by atoms with Crippen LogP contribution >= 0.6 is 0 Å². The van der Waals surface area contributed by atoms with E-state index < -0.39 is 0 Å². The average molecular weight is 282 g/mol. The fourth-order valence-electron chi connectivity index (χ4n) is 3.64. The molecule has 0 radical (unpaired) electrons. The standard InChI is InChI=1S/C18H34O2/c1-7-15(5)17(6,13-14(3)4)16(19)20-18(8-2)11-9-10-12-18/h14-15H,7-13H2,1-6H3. The minimum Gasteiger partial charge on any atom is -0.459 e. The van der Waals surface area contributed by atoms with Crippen LogP contribution in [0.5, 0.6) is 0 Å². The van der Waals surface area contributed by atoms with E-state index in [0.717, 1.165) is 32.1 Å². The van der Waals surface area contributed by atoms with Gasteiger partial charge < -0.3 is 4.74 Å². The quantitative estimate of drug-likeness (QED) is 0.588. The van der Waals surface area contributed by atoms with Crippen molar-refractivity contribution in [1.29, 1.82) is 0 Å². The molecule has 0 aromatic carbocycles. The maximum Gasteiger partial charge on any atom is 0.312 e. The van der Waals surface area contributed by atoms with Gasteiger partial charge in [0, 0.05) is 0 Å². The predicted octanol–water partition coefficient (Wildman–Crippen LogP) is 5.35. The van der Waals surface area contributed by atoms with Crippen molar-refractivity contribution < 1.29 is 9.53 Å². The highest BCUT2D eigenvalue weighted by molar-refractivity contribution is 5.77. The lowest BCUT2D eigenvalue weighted by Gasteiger charge is -2.38. The Kier molecular flexibility index (Phi) is 6.09. The summed E-state index contributed by atoms with van der Waals surface area (Å²) in [6, 6.07) is 0. The monoisotopic (exact) mass is 282 g/mol. The van der Waals surface area contributed by atoms with Gasteiger partial charge in [-0.2, -0.15) is 0 Å². The summed E-state index contributed by atoms with van der Waals surface area (Å²) in [6.07, 6.45) is 7.40. The number of rotatable bonds is 7. The van der Waals surface area contributed by atoms with Crippen LogP contribution in [0.25, 0.3) is 0 Å². The normalized spacial score (nSPS) is 22.6. The van der Waals surface area contributed by atoms with E-state index in [1.54, 1.807) is 0 Å². The Morgan fingerprint density at radius 2 is 1.75 bits per heavy atom. The minimum atomic E-state index is -0.340. The second-order valence-electron chi connectivity index (χ2n) is 7.46. The molecule has 2 heteroatoms. The molecule has 0 spiro atoms. The number of ether oxygens (including phenoxy) is 1. The Balaban J connectivity index is 2.87. The molecule has 1 fully saturated rings. The van der Waals surface area contributed by atoms with Crippen molar-refractivity contribution in [3.8, 4) is 0 Å². The SMILES string of the molecule is CCC(C)C(C)(CC(C)C)C(=O)OC1(CC)CCCC1. The molecule has 0 bridgehead atoms. The first-order valence-corrected chi connectivity index (χ1v) is 8.53. The zero-order chi connectivity index (χ0) is 15.4. The van der Waals surface area contributed by atoms with Crippen molar-refractivity contribution in [3.63, 3.8) is 0 Å². The molecule has 1 aliphatic carbocycles. The molecule has 2 atom stereocenters. The van der Waals surface area contributed by atoms with E-state index in [9.17, 15) is 4.79 Å². The summed E-state index contributed by atoms with van der Waals surface area (Å²) in [4.78, 5) is 12.9. The van der Waals surface area contributed by atoms with Crippen molar-refractivity contribution in [1.82, 2.24) is 0 Å². The van der Waals surface area contributed by atoms with E-state index in [1.807, 2.05) is 0 Å². The van der Waals surface area contributed by atoms with Crippen molar-refractivity contribution in [2.75, 3.05) is 0 Å². The Morgan fingerprint density at radius 3 is 2.15 bits per heavy atom. The molecule has 1 aliphatic rings. The van der Waals surface area contributed by atoms with Gasteiger partial charge in [0.25, 0.3) is 0 Å². The maximum atomic E-state index is 12.9. The predicted molar refractivity (Wildman–Crippen MR) is 84.6 cm³/mol. The van der Waals surface area contributed by atoms with E-state index in [-0.39, 0.29) is 17.0 Å². The first-order chi connectivity index (χ1) is 9.29. The Hall–Kier alpha value is -0.530. The van der Waals surface area contributed by atoms with E-state index in [2.05, 4.69) is 41.5 Å². The molecular formula is C18H34O2. The number of hydrogen-bond donors (Lipinski definition) is 0.